The Kier molecular flexibility index (Phi) is 7.86. The van der Waals surface area contributed by atoms with Gasteiger partial charge < -0.3 is 5.32 Å². The summed E-state index contributed by atoms with van der Waals surface area (Å²) < 4.78 is 0. The van der Waals surface area contributed by atoms with Crippen molar-refractivity contribution < 1.29 is 4.79 Å². The summed E-state index contributed by atoms with van der Waals surface area (Å²) in [6, 6.07) is 10.5. The fourth-order valence-corrected chi connectivity index (χ4v) is 2.47. The molecule has 0 bridgehead atoms. The van der Waals surface area contributed by atoms with Gasteiger partial charge in [-0.1, -0.05) is 37.3 Å². The molecule has 0 heterocycles. The van der Waals surface area contributed by atoms with Gasteiger partial charge in [0.05, 0.1) is 13.3 Å². The molecule has 0 aliphatic carbocycles. The van der Waals surface area contributed by atoms with Gasteiger partial charge in [0.1, 0.15) is 0 Å². The van der Waals surface area contributed by atoms with Crippen LogP contribution in [0.5, 0.6) is 0 Å². The Morgan fingerprint density at radius 1 is 1.25 bits per heavy atom. The molecule has 2 nitrogen and oxygen atoms in total. The van der Waals surface area contributed by atoms with Crippen LogP contribution < -0.4 is 5.32 Å². The number of unbranched alkanes of at least 4 members (excludes halogenated alkanes) is 2. The van der Waals surface area contributed by atoms with E-state index in [-0.39, 0.29) is 17.9 Å². The Morgan fingerprint density at radius 3 is 2.55 bits per heavy atom. The zero-order valence-electron chi connectivity index (χ0n) is 12.9. The fourth-order valence-electron chi connectivity index (χ4n) is 2.47. The van der Waals surface area contributed by atoms with Gasteiger partial charge in [-0.3, -0.25) is 4.79 Å². The van der Waals surface area contributed by atoms with E-state index in [1.165, 1.54) is 5.56 Å². The lowest BCUT2D eigenvalue weighted by Gasteiger charge is -2.19. The Hall–Kier alpha value is -1.44. The molecule has 0 aliphatic heterocycles. The minimum absolute atomic E-state index is 0.153. The highest BCUT2D eigenvalue weighted by Crippen LogP contribution is 2.14. The third-order valence-electron chi connectivity index (χ3n) is 3.69. The van der Waals surface area contributed by atoms with Crippen molar-refractivity contribution in [2.45, 2.75) is 58.4 Å². The summed E-state index contributed by atoms with van der Waals surface area (Å²) in [5, 5.41) is 3.15. The molecule has 0 fully saturated rings. The SMILES string of the molecule is [CH2+]CCCCC(CC)C(=O)NC(C)Cc1ccccc1. The maximum absolute atomic E-state index is 12.2. The second-order valence-electron chi connectivity index (χ2n) is 5.55. The van der Waals surface area contributed by atoms with Crippen molar-refractivity contribution in [2.75, 3.05) is 0 Å². The smallest absolute Gasteiger partial charge is 0.223 e. The van der Waals surface area contributed by atoms with Crippen molar-refractivity contribution in [1.82, 2.24) is 5.32 Å². The molecule has 1 rings (SSSR count). The maximum Gasteiger partial charge on any atom is 0.223 e. The van der Waals surface area contributed by atoms with Gasteiger partial charge in [0.2, 0.25) is 5.91 Å². The van der Waals surface area contributed by atoms with E-state index >= 15 is 0 Å². The summed E-state index contributed by atoms with van der Waals surface area (Å²) in [4.78, 5) is 12.2. The summed E-state index contributed by atoms with van der Waals surface area (Å²) >= 11 is 0. The molecule has 110 valence electrons. The summed E-state index contributed by atoms with van der Waals surface area (Å²) in [7, 11) is 0. The highest BCUT2D eigenvalue weighted by atomic mass is 16.1. The van der Waals surface area contributed by atoms with Crippen LogP contribution >= 0.6 is 0 Å². The van der Waals surface area contributed by atoms with Gasteiger partial charge in [-0.25, -0.2) is 0 Å². The Morgan fingerprint density at radius 2 is 1.95 bits per heavy atom. The summed E-state index contributed by atoms with van der Waals surface area (Å²) in [5.74, 6) is 0.361. The van der Waals surface area contributed by atoms with Crippen LogP contribution in [0.2, 0.25) is 0 Å². The molecule has 0 saturated carbocycles. The molecule has 1 amide bonds. The first-order chi connectivity index (χ1) is 9.67. The van der Waals surface area contributed by atoms with E-state index in [0.717, 1.165) is 38.5 Å². The number of hydrogen-bond donors (Lipinski definition) is 1. The average Bonchev–Trinajstić information content (AvgIpc) is 2.44. The third-order valence-corrected chi connectivity index (χ3v) is 3.69. The molecule has 2 unspecified atom stereocenters. The lowest BCUT2D eigenvalue weighted by Crippen LogP contribution is -2.38. The fraction of sp³-hybridized carbons (Fsp3) is 0.556. The van der Waals surface area contributed by atoms with E-state index in [1.807, 2.05) is 18.2 Å². The van der Waals surface area contributed by atoms with Crippen LogP contribution in [-0.4, -0.2) is 11.9 Å². The Bertz CT molecular complexity index is 374. The number of carbonyl (C=O) groups is 1. The number of rotatable bonds is 9. The molecule has 1 aromatic rings. The van der Waals surface area contributed by atoms with Gasteiger partial charge >= 0.3 is 0 Å². The third kappa shape index (κ3) is 6.14. The molecular weight excluding hydrogens is 246 g/mol. The average molecular weight is 274 g/mol. The molecule has 1 N–H and O–H groups in total. The first-order valence-electron chi connectivity index (χ1n) is 7.80. The van der Waals surface area contributed by atoms with Crippen LogP contribution in [0, 0.1) is 12.8 Å². The molecular formula is C18H28NO+. The van der Waals surface area contributed by atoms with Gasteiger partial charge in [0, 0.05) is 12.0 Å². The number of amides is 1. The van der Waals surface area contributed by atoms with Gasteiger partial charge in [-0.05, 0) is 44.6 Å². The van der Waals surface area contributed by atoms with Crippen molar-refractivity contribution in [3.05, 3.63) is 42.8 Å². The van der Waals surface area contributed by atoms with Crippen molar-refractivity contribution >= 4 is 5.91 Å². The zero-order valence-corrected chi connectivity index (χ0v) is 12.9. The van der Waals surface area contributed by atoms with Crippen molar-refractivity contribution in [3.63, 3.8) is 0 Å². The molecule has 0 radical (unpaired) electrons. The zero-order chi connectivity index (χ0) is 14.8. The summed E-state index contributed by atoms with van der Waals surface area (Å²) in [6.45, 7) is 8.02. The van der Waals surface area contributed by atoms with E-state index < -0.39 is 0 Å². The van der Waals surface area contributed by atoms with Crippen LogP contribution in [0.15, 0.2) is 30.3 Å². The molecule has 1 aromatic carbocycles. The van der Waals surface area contributed by atoms with Crippen molar-refractivity contribution in [1.29, 1.82) is 0 Å². The molecule has 0 aromatic heterocycles. The number of benzene rings is 1. The number of carbonyl (C=O) groups excluding carboxylic acids is 1. The molecule has 2 heteroatoms. The van der Waals surface area contributed by atoms with E-state index in [9.17, 15) is 4.79 Å². The molecule has 20 heavy (non-hydrogen) atoms. The van der Waals surface area contributed by atoms with Crippen molar-refractivity contribution in [3.8, 4) is 0 Å². The van der Waals surface area contributed by atoms with Crippen LogP contribution in [-0.2, 0) is 11.2 Å². The molecule has 0 saturated heterocycles. The van der Waals surface area contributed by atoms with E-state index in [2.05, 4.69) is 38.2 Å². The lowest BCUT2D eigenvalue weighted by atomic mass is 9.97. The standard InChI is InChI=1S/C18H27NO/c1-4-6-8-13-17(5-2)18(20)19-15(3)14-16-11-9-7-10-12-16/h7,9-12,15,17H,1,4-6,8,13-14H2,2-3H3/p+1. The Labute approximate surface area is 124 Å². The van der Waals surface area contributed by atoms with Crippen LogP contribution in [0.3, 0.4) is 0 Å². The van der Waals surface area contributed by atoms with Gasteiger partial charge in [-0.2, -0.15) is 0 Å². The van der Waals surface area contributed by atoms with Gasteiger partial charge in [0.15, 0.2) is 0 Å². The first-order valence-corrected chi connectivity index (χ1v) is 7.80. The van der Waals surface area contributed by atoms with Gasteiger partial charge in [0.25, 0.3) is 0 Å². The van der Waals surface area contributed by atoms with E-state index in [1.54, 1.807) is 0 Å². The predicted octanol–water partition coefficient (Wildman–Crippen LogP) is 4.15. The molecule has 2 atom stereocenters. The quantitative estimate of drug-likeness (QED) is 0.532. The summed E-state index contributed by atoms with van der Waals surface area (Å²) in [6.07, 6.45) is 5.97. The topological polar surface area (TPSA) is 29.1 Å². The van der Waals surface area contributed by atoms with Gasteiger partial charge in [-0.15, -0.1) is 0 Å². The Balaban J connectivity index is 2.39. The van der Waals surface area contributed by atoms with Crippen LogP contribution in [0.1, 0.15) is 51.5 Å². The minimum atomic E-state index is 0.153. The number of hydrogen-bond acceptors (Lipinski definition) is 1. The highest BCUT2D eigenvalue weighted by Gasteiger charge is 2.17. The second-order valence-corrected chi connectivity index (χ2v) is 5.55. The molecule has 0 aliphatic rings. The second kappa shape index (κ2) is 9.46. The summed E-state index contributed by atoms with van der Waals surface area (Å²) in [5.41, 5.74) is 1.27. The first kappa shape index (κ1) is 16.6. The lowest BCUT2D eigenvalue weighted by molar-refractivity contribution is -0.125. The van der Waals surface area contributed by atoms with E-state index in [0.29, 0.717) is 0 Å². The minimum Gasteiger partial charge on any atom is -0.353 e. The van der Waals surface area contributed by atoms with Crippen LogP contribution in [0.4, 0.5) is 0 Å². The maximum atomic E-state index is 12.2. The van der Waals surface area contributed by atoms with Crippen LogP contribution in [0.25, 0.3) is 0 Å². The predicted molar refractivity (Wildman–Crippen MR) is 85.4 cm³/mol. The number of nitrogens with one attached hydrogen (secondary N) is 1. The van der Waals surface area contributed by atoms with Crippen molar-refractivity contribution in [2.24, 2.45) is 5.92 Å². The monoisotopic (exact) mass is 274 g/mol. The highest BCUT2D eigenvalue weighted by molar-refractivity contribution is 5.78. The largest absolute Gasteiger partial charge is 0.353 e. The molecule has 0 spiro atoms. The van der Waals surface area contributed by atoms with E-state index in [4.69, 9.17) is 0 Å². The normalized spacial score (nSPS) is 13.7.